The molecule has 2 aliphatic rings. The Hall–Kier alpha value is -3.66. The number of nitrogens with zero attached hydrogens (tertiary/aromatic N) is 4. The highest BCUT2D eigenvalue weighted by atomic mass is 16.5. The molecule has 2 heterocycles. The molecule has 0 unspecified atom stereocenters. The Morgan fingerprint density at radius 3 is 2.64 bits per heavy atom. The van der Waals surface area contributed by atoms with Crippen molar-refractivity contribution in [1.29, 1.82) is 0 Å². The summed E-state index contributed by atoms with van der Waals surface area (Å²) in [4.78, 5) is 29.9. The topological polar surface area (TPSA) is 108 Å². The molecular weight excluding hydrogens is 498 g/mol. The summed E-state index contributed by atoms with van der Waals surface area (Å²) in [7, 11) is 3.14. The minimum Gasteiger partial charge on any atom is -0.497 e. The van der Waals surface area contributed by atoms with Gasteiger partial charge in [0.15, 0.2) is 0 Å². The zero-order chi connectivity index (χ0) is 27.2. The number of amides is 2. The molecule has 10 nitrogen and oxygen atoms in total. The fraction of sp³-hybridized carbons (Fsp3) is 0.517. The third kappa shape index (κ3) is 6.16. The lowest BCUT2D eigenvalue weighted by Crippen LogP contribution is -2.50. The molecular formula is C29H37N5O5. The number of fused-ring (bicyclic) bond motifs is 1. The largest absolute Gasteiger partial charge is 0.497 e. The molecule has 2 fully saturated rings. The number of hydrogen-bond donors (Lipinski definition) is 1. The van der Waals surface area contributed by atoms with E-state index in [1.807, 2.05) is 24.3 Å². The molecule has 1 aliphatic carbocycles. The number of para-hydroxylation sites is 1. The fourth-order valence-corrected chi connectivity index (χ4v) is 5.64. The van der Waals surface area contributed by atoms with Crippen LogP contribution in [-0.2, 0) is 20.9 Å². The van der Waals surface area contributed by atoms with Gasteiger partial charge in [-0.3, -0.25) is 9.59 Å². The molecule has 1 N–H and O–H groups in total. The summed E-state index contributed by atoms with van der Waals surface area (Å²) in [5.41, 5.74) is 2.03. The molecule has 1 aromatic heterocycles. The monoisotopic (exact) mass is 535 g/mol. The summed E-state index contributed by atoms with van der Waals surface area (Å²) in [5.74, 6) is 0.599. The van der Waals surface area contributed by atoms with Crippen LogP contribution in [0.3, 0.4) is 0 Å². The maximum absolute atomic E-state index is 14.1. The fourth-order valence-electron chi connectivity index (χ4n) is 5.64. The molecule has 1 saturated carbocycles. The lowest BCUT2D eigenvalue weighted by atomic mass is 9.94. The van der Waals surface area contributed by atoms with Crippen LogP contribution < -0.4 is 14.8 Å². The summed E-state index contributed by atoms with van der Waals surface area (Å²) in [6, 6.07) is 12.0. The number of rotatable bonds is 10. The van der Waals surface area contributed by atoms with Gasteiger partial charge in [0.25, 0.3) is 0 Å². The maximum atomic E-state index is 14.1. The van der Waals surface area contributed by atoms with Gasteiger partial charge in [-0.05, 0) is 56.0 Å². The van der Waals surface area contributed by atoms with Gasteiger partial charge in [-0.15, -0.1) is 5.10 Å². The van der Waals surface area contributed by atoms with E-state index in [-0.39, 0.29) is 37.0 Å². The molecule has 10 heteroatoms. The number of hydrogen-bond acceptors (Lipinski definition) is 7. The van der Waals surface area contributed by atoms with Crippen LogP contribution in [0.15, 0.2) is 42.5 Å². The molecule has 2 atom stereocenters. The van der Waals surface area contributed by atoms with Gasteiger partial charge >= 0.3 is 0 Å². The van der Waals surface area contributed by atoms with Crippen LogP contribution in [0, 0.1) is 0 Å². The quantitative estimate of drug-likeness (QED) is 0.422. The van der Waals surface area contributed by atoms with Gasteiger partial charge in [0.1, 0.15) is 29.6 Å². The average Bonchev–Trinajstić information content (AvgIpc) is 3.63. The van der Waals surface area contributed by atoms with Crippen molar-refractivity contribution in [3.63, 3.8) is 0 Å². The van der Waals surface area contributed by atoms with Gasteiger partial charge in [-0.25, -0.2) is 4.68 Å². The van der Waals surface area contributed by atoms with E-state index in [2.05, 4.69) is 15.6 Å². The highest BCUT2D eigenvalue weighted by Crippen LogP contribution is 2.35. The Balaban J connectivity index is 1.54. The van der Waals surface area contributed by atoms with E-state index in [0.717, 1.165) is 44.0 Å². The molecule has 2 amide bonds. The minimum absolute atomic E-state index is 0.0628. The predicted octanol–water partition coefficient (Wildman–Crippen LogP) is 3.65. The standard InChI is InChI=1S/C29H37N5O5/c1-37-21-14-15-26(38-2)23(17-21)28(29(36)30-20-9-4-3-5-10-20)33(18-22-11-8-16-39-22)27(35)19-34-25-13-7-6-12-24(25)31-32-34/h6-7,12-15,17,20,22,28H,3-5,8-11,16,18-19H2,1-2H3,(H,30,36)/t22-,28-/m1/s1. The van der Waals surface area contributed by atoms with Crippen LogP contribution in [0.2, 0.25) is 0 Å². The molecule has 1 aliphatic heterocycles. The number of nitrogens with one attached hydrogen (secondary N) is 1. The van der Waals surface area contributed by atoms with Gasteiger partial charge in [0.2, 0.25) is 11.8 Å². The highest BCUT2D eigenvalue weighted by Gasteiger charge is 2.37. The van der Waals surface area contributed by atoms with Crippen molar-refractivity contribution < 1.29 is 23.8 Å². The predicted molar refractivity (Wildman–Crippen MR) is 146 cm³/mol. The molecule has 39 heavy (non-hydrogen) atoms. The van der Waals surface area contributed by atoms with Crippen molar-refractivity contribution in [3.05, 3.63) is 48.0 Å². The van der Waals surface area contributed by atoms with Crippen molar-refractivity contribution in [1.82, 2.24) is 25.2 Å². The van der Waals surface area contributed by atoms with Crippen molar-refractivity contribution in [2.75, 3.05) is 27.4 Å². The SMILES string of the molecule is COc1ccc(OC)c([C@H](C(=O)NC2CCCCC2)N(C[C@H]2CCCO2)C(=O)Cn2nnc3ccccc32)c1. The molecule has 3 aromatic rings. The third-order valence-corrected chi connectivity index (χ3v) is 7.69. The summed E-state index contributed by atoms with van der Waals surface area (Å²) < 4.78 is 18.7. The van der Waals surface area contributed by atoms with E-state index < -0.39 is 6.04 Å². The number of carbonyl (C=O) groups excluding carboxylic acids is 2. The highest BCUT2D eigenvalue weighted by molar-refractivity contribution is 5.90. The number of methoxy groups -OCH3 is 2. The Bertz CT molecular complexity index is 1280. The van der Waals surface area contributed by atoms with E-state index in [0.29, 0.717) is 29.2 Å². The summed E-state index contributed by atoms with van der Waals surface area (Å²) >= 11 is 0. The molecule has 208 valence electrons. The molecule has 0 bridgehead atoms. The van der Waals surface area contributed by atoms with Crippen molar-refractivity contribution in [2.45, 2.75) is 69.7 Å². The normalized spacial score (nSPS) is 18.6. The van der Waals surface area contributed by atoms with Crippen LogP contribution in [-0.4, -0.2) is 71.2 Å². The first-order chi connectivity index (χ1) is 19.1. The Labute approximate surface area is 228 Å². The first-order valence-corrected chi connectivity index (χ1v) is 13.8. The van der Waals surface area contributed by atoms with Crippen molar-refractivity contribution in [3.8, 4) is 11.5 Å². The van der Waals surface area contributed by atoms with Crippen LogP contribution >= 0.6 is 0 Å². The van der Waals surface area contributed by atoms with Crippen LogP contribution in [0.4, 0.5) is 0 Å². The minimum atomic E-state index is -0.941. The second kappa shape index (κ2) is 12.5. The first-order valence-electron chi connectivity index (χ1n) is 13.8. The van der Waals surface area contributed by atoms with Crippen LogP contribution in [0.25, 0.3) is 11.0 Å². The maximum Gasteiger partial charge on any atom is 0.247 e. The average molecular weight is 536 g/mol. The van der Waals surface area contributed by atoms with E-state index in [9.17, 15) is 9.59 Å². The molecule has 0 spiro atoms. The number of benzene rings is 2. The molecule has 5 rings (SSSR count). The van der Waals surface area contributed by atoms with Crippen LogP contribution in [0.1, 0.15) is 56.6 Å². The van der Waals surface area contributed by atoms with Crippen LogP contribution in [0.5, 0.6) is 11.5 Å². The van der Waals surface area contributed by atoms with E-state index in [1.165, 1.54) is 6.42 Å². The van der Waals surface area contributed by atoms with Gasteiger partial charge in [0, 0.05) is 24.8 Å². The van der Waals surface area contributed by atoms with Gasteiger partial charge in [-0.1, -0.05) is 36.6 Å². The Morgan fingerprint density at radius 1 is 1.08 bits per heavy atom. The summed E-state index contributed by atoms with van der Waals surface area (Å²) in [5, 5.41) is 11.7. The molecule has 2 aromatic carbocycles. The second-order valence-corrected chi connectivity index (χ2v) is 10.3. The summed E-state index contributed by atoms with van der Waals surface area (Å²) in [6.07, 6.45) is 6.77. The zero-order valence-electron chi connectivity index (χ0n) is 22.7. The second-order valence-electron chi connectivity index (χ2n) is 10.3. The number of aromatic nitrogens is 3. The van der Waals surface area contributed by atoms with Gasteiger partial charge in [-0.2, -0.15) is 0 Å². The Kier molecular flexibility index (Phi) is 8.61. The lowest BCUT2D eigenvalue weighted by Gasteiger charge is -2.35. The van der Waals surface area contributed by atoms with E-state index in [1.54, 1.807) is 42.0 Å². The lowest BCUT2D eigenvalue weighted by molar-refractivity contribution is -0.143. The third-order valence-electron chi connectivity index (χ3n) is 7.69. The smallest absolute Gasteiger partial charge is 0.247 e. The molecule has 0 radical (unpaired) electrons. The first kappa shape index (κ1) is 26.9. The van der Waals surface area contributed by atoms with Crippen molar-refractivity contribution >= 4 is 22.8 Å². The Morgan fingerprint density at radius 2 is 1.90 bits per heavy atom. The van der Waals surface area contributed by atoms with Crippen molar-refractivity contribution in [2.24, 2.45) is 0 Å². The van der Waals surface area contributed by atoms with E-state index in [4.69, 9.17) is 14.2 Å². The summed E-state index contributed by atoms with van der Waals surface area (Å²) in [6.45, 7) is 0.850. The van der Waals surface area contributed by atoms with E-state index >= 15 is 0 Å². The number of carbonyl (C=O) groups is 2. The van der Waals surface area contributed by atoms with Gasteiger partial charge in [0.05, 0.1) is 25.8 Å². The zero-order valence-corrected chi connectivity index (χ0v) is 22.7. The van der Waals surface area contributed by atoms with Gasteiger partial charge < -0.3 is 24.4 Å². The number of ether oxygens (including phenoxy) is 3. The molecule has 1 saturated heterocycles.